The van der Waals surface area contributed by atoms with Crippen LogP contribution in [-0.2, 0) is 4.79 Å². The van der Waals surface area contributed by atoms with Crippen LogP contribution >= 0.6 is 11.6 Å². The number of ether oxygens (including phenoxy) is 2. The molecule has 0 aliphatic carbocycles. The first-order chi connectivity index (χ1) is 8.65. The van der Waals surface area contributed by atoms with E-state index < -0.39 is 0 Å². The minimum atomic E-state index is 0.311. The summed E-state index contributed by atoms with van der Waals surface area (Å²) in [5.41, 5.74) is 0.922. The molecule has 5 heteroatoms. The summed E-state index contributed by atoms with van der Waals surface area (Å²) in [7, 11) is 3.19. The molecule has 0 radical (unpaired) electrons. The minimum Gasteiger partial charge on any atom is -0.495 e. The van der Waals surface area contributed by atoms with Crippen LogP contribution in [0, 0.1) is 0 Å². The van der Waals surface area contributed by atoms with Crippen LogP contribution < -0.4 is 14.4 Å². The predicted octanol–water partition coefficient (Wildman–Crippen LogP) is 2.53. The number of hydrogen-bond acceptors (Lipinski definition) is 4. The monoisotopic (exact) mass is 269 g/mol. The number of ketones is 1. The normalized spacial score (nSPS) is 15.7. The van der Waals surface area contributed by atoms with Crippen LogP contribution in [0.1, 0.15) is 12.8 Å². The number of nitrogens with zero attached hydrogens (tertiary/aromatic N) is 1. The summed E-state index contributed by atoms with van der Waals surface area (Å²) >= 11 is 6.06. The molecular formula is C13H16ClNO3. The summed E-state index contributed by atoms with van der Waals surface area (Å²) in [4.78, 5) is 13.4. The maximum absolute atomic E-state index is 11.3. The van der Waals surface area contributed by atoms with Gasteiger partial charge in [-0.05, 0) is 0 Å². The van der Waals surface area contributed by atoms with Crippen molar-refractivity contribution in [2.45, 2.75) is 12.8 Å². The molecule has 1 fully saturated rings. The molecule has 2 rings (SSSR count). The molecule has 0 aromatic heterocycles. The standard InChI is InChI=1S/C13H16ClNO3/c1-17-12-8-11(13(18-2)7-10(12)14)15-5-3-9(16)4-6-15/h7-8H,3-6H2,1-2H3. The molecule has 4 nitrogen and oxygen atoms in total. The van der Waals surface area contributed by atoms with E-state index in [0.717, 1.165) is 5.69 Å². The zero-order valence-electron chi connectivity index (χ0n) is 10.5. The molecular weight excluding hydrogens is 254 g/mol. The number of Topliss-reactive ketones (excluding diaryl/α,β-unsaturated/α-hetero) is 1. The highest BCUT2D eigenvalue weighted by Crippen LogP contribution is 2.38. The van der Waals surface area contributed by atoms with Gasteiger partial charge in [-0.25, -0.2) is 0 Å². The average molecular weight is 270 g/mol. The first-order valence-corrected chi connectivity index (χ1v) is 6.21. The van der Waals surface area contributed by atoms with E-state index in [1.807, 2.05) is 6.07 Å². The maximum Gasteiger partial charge on any atom is 0.143 e. The summed E-state index contributed by atoms with van der Waals surface area (Å²) < 4.78 is 10.6. The SMILES string of the molecule is COc1cc(N2CCC(=O)CC2)c(OC)cc1Cl. The zero-order chi connectivity index (χ0) is 13.1. The Morgan fingerprint density at radius 3 is 2.28 bits per heavy atom. The number of halogens is 1. The van der Waals surface area contributed by atoms with E-state index in [2.05, 4.69) is 4.90 Å². The van der Waals surface area contributed by atoms with Gasteiger partial charge in [-0.15, -0.1) is 0 Å². The molecule has 1 aromatic rings. The lowest BCUT2D eigenvalue weighted by molar-refractivity contribution is -0.119. The Kier molecular flexibility index (Phi) is 3.97. The Morgan fingerprint density at radius 1 is 1.11 bits per heavy atom. The molecule has 1 aliphatic rings. The second-order valence-electron chi connectivity index (χ2n) is 4.18. The number of benzene rings is 1. The predicted molar refractivity (Wildman–Crippen MR) is 71.0 cm³/mol. The van der Waals surface area contributed by atoms with Crippen LogP contribution in [0.3, 0.4) is 0 Å². The number of anilines is 1. The molecule has 0 saturated carbocycles. The fourth-order valence-corrected chi connectivity index (χ4v) is 2.32. The minimum absolute atomic E-state index is 0.311. The number of methoxy groups -OCH3 is 2. The van der Waals surface area contributed by atoms with Gasteiger partial charge in [0.15, 0.2) is 0 Å². The molecule has 0 atom stereocenters. The van der Waals surface area contributed by atoms with E-state index in [9.17, 15) is 4.79 Å². The number of carbonyl (C=O) groups excluding carboxylic acids is 1. The maximum atomic E-state index is 11.3. The Labute approximate surface area is 111 Å². The second kappa shape index (κ2) is 5.48. The molecule has 0 bridgehead atoms. The Morgan fingerprint density at radius 2 is 1.72 bits per heavy atom. The lowest BCUT2D eigenvalue weighted by Crippen LogP contribution is -2.33. The van der Waals surface area contributed by atoms with E-state index in [1.165, 1.54) is 0 Å². The van der Waals surface area contributed by atoms with E-state index in [-0.39, 0.29) is 0 Å². The van der Waals surface area contributed by atoms with E-state index in [0.29, 0.717) is 48.2 Å². The smallest absolute Gasteiger partial charge is 0.143 e. The van der Waals surface area contributed by atoms with Crippen LogP contribution in [0.2, 0.25) is 5.02 Å². The molecule has 0 spiro atoms. The molecule has 1 aromatic carbocycles. The average Bonchev–Trinajstić information content (AvgIpc) is 2.39. The van der Waals surface area contributed by atoms with Crippen molar-refractivity contribution in [2.24, 2.45) is 0 Å². The van der Waals surface area contributed by atoms with Crippen molar-refractivity contribution < 1.29 is 14.3 Å². The van der Waals surface area contributed by atoms with Crippen molar-refractivity contribution in [3.63, 3.8) is 0 Å². The van der Waals surface area contributed by atoms with Gasteiger partial charge in [-0.3, -0.25) is 4.79 Å². The summed E-state index contributed by atoms with van der Waals surface area (Å²) in [6.07, 6.45) is 1.15. The van der Waals surface area contributed by atoms with Crippen molar-refractivity contribution in [2.75, 3.05) is 32.2 Å². The summed E-state index contributed by atoms with van der Waals surface area (Å²) in [5.74, 6) is 1.63. The molecule has 0 amide bonds. The molecule has 1 aliphatic heterocycles. The number of carbonyl (C=O) groups is 1. The fraction of sp³-hybridized carbons (Fsp3) is 0.462. The summed E-state index contributed by atoms with van der Waals surface area (Å²) in [6, 6.07) is 3.60. The third kappa shape index (κ3) is 2.53. The second-order valence-corrected chi connectivity index (χ2v) is 4.59. The molecule has 1 heterocycles. The van der Waals surface area contributed by atoms with Crippen molar-refractivity contribution in [3.05, 3.63) is 17.2 Å². The number of hydrogen-bond donors (Lipinski definition) is 0. The number of rotatable bonds is 3. The fourth-order valence-electron chi connectivity index (χ4n) is 2.09. The van der Waals surface area contributed by atoms with Gasteiger partial charge in [0.1, 0.15) is 17.3 Å². The van der Waals surface area contributed by atoms with Crippen LogP contribution in [-0.4, -0.2) is 33.1 Å². The zero-order valence-corrected chi connectivity index (χ0v) is 11.3. The lowest BCUT2D eigenvalue weighted by Gasteiger charge is -2.29. The van der Waals surface area contributed by atoms with Gasteiger partial charge in [0.2, 0.25) is 0 Å². The van der Waals surface area contributed by atoms with E-state index >= 15 is 0 Å². The van der Waals surface area contributed by atoms with Gasteiger partial charge in [0.25, 0.3) is 0 Å². The van der Waals surface area contributed by atoms with Crippen molar-refractivity contribution in [1.29, 1.82) is 0 Å². The van der Waals surface area contributed by atoms with Crippen LogP contribution in [0.25, 0.3) is 0 Å². The van der Waals surface area contributed by atoms with Crippen LogP contribution in [0.5, 0.6) is 11.5 Å². The Hall–Kier alpha value is -1.42. The third-order valence-corrected chi connectivity index (χ3v) is 3.41. The Bertz CT molecular complexity index is 452. The molecule has 98 valence electrons. The van der Waals surface area contributed by atoms with Gasteiger partial charge in [-0.1, -0.05) is 11.6 Å². The van der Waals surface area contributed by atoms with Crippen molar-refractivity contribution in [3.8, 4) is 11.5 Å². The summed E-state index contributed by atoms with van der Waals surface area (Å²) in [6.45, 7) is 1.42. The molecule has 1 saturated heterocycles. The van der Waals surface area contributed by atoms with Gasteiger partial charge < -0.3 is 14.4 Å². The van der Waals surface area contributed by atoms with Crippen molar-refractivity contribution in [1.82, 2.24) is 0 Å². The molecule has 18 heavy (non-hydrogen) atoms. The molecule has 0 unspecified atom stereocenters. The third-order valence-electron chi connectivity index (χ3n) is 3.12. The Balaban J connectivity index is 2.33. The highest BCUT2D eigenvalue weighted by molar-refractivity contribution is 6.32. The van der Waals surface area contributed by atoms with Gasteiger partial charge >= 0.3 is 0 Å². The van der Waals surface area contributed by atoms with Crippen molar-refractivity contribution >= 4 is 23.1 Å². The summed E-state index contributed by atoms with van der Waals surface area (Å²) in [5, 5.41) is 0.520. The topological polar surface area (TPSA) is 38.8 Å². The number of piperidine rings is 1. The highest BCUT2D eigenvalue weighted by atomic mass is 35.5. The highest BCUT2D eigenvalue weighted by Gasteiger charge is 2.21. The first kappa shape index (κ1) is 13.0. The quantitative estimate of drug-likeness (QED) is 0.845. The largest absolute Gasteiger partial charge is 0.495 e. The lowest BCUT2D eigenvalue weighted by atomic mass is 10.1. The van der Waals surface area contributed by atoms with Crippen LogP contribution in [0.4, 0.5) is 5.69 Å². The van der Waals surface area contributed by atoms with Gasteiger partial charge in [-0.2, -0.15) is 0 Å². The van der Waals surface area contributed by atoms with E-state index in [1.54, 1.807) is 20.3 Å². The van der Waals surface area contributed by atoms with Crippen LogP contribution in [0.15, 0.2) is 12.1 Å². The molecule has 0 N–H and O–H groups in total. The van der Waals surface area contributed by atoms with Gasteiger partial charge in [0, 0.05) is 38.1 Å². The van der Waals surface area contributed by atoms with E-state index in [4.69, 9.17) is 21.1 Å². The first-order valence-electron chi connectivity index (χ1n) is 5.84. The van der Waals surface area contributed by atoms with Gasteiger partial charge in [0.05, 0.1) is 24.9 Å².